The van der Waals surface area contributed by atoms with Crippen LogP contribution in [0.25, 0.3) is 17.0 Å². The van der Waals surface area contributed by atoms with Gasteiger partial charge in [-0.1, -0.05) is 43.3 Å². The summed E-state index contributed by atoms with van der Waals surface area (Å²) < 4.78 is 123. The summed E-state index contributed by atoms with van der Waals surface area (Å²) in [7, 11) is 0. The first-order valence-corrected chi connectivity index (χ1v) is 14.1. The molecule has 0 N–H and O–H groups in total. The Hall–Kier alpha value is -3.09. The van der Waals surface area contributed by atoms with Crippen molar-refractivity contribution in [3.63, 3.8) is 0 Å². The molecule has 3 aromatic rings. The van der Waals surface area contributed by atoms with Gasteiger partial charge in [0.15, 0.2) is 23.8 Å². The second-order valence-corrected chi connectivity index (χ2v) is 10.7. The summed E-state index contributed by atoms with van der Waals surface area (Å²) >= 11 is 1.27. The van der Waals surface area contributed by atoms with Crippen molar-refractivity contribution >= 4 is 17.6 Å². The number of rotatable bonds is 10. The van der Waals surface area contributed by atoms with E-state index in [1.807, 2.05) is 6.92 Å². The van der Waals surface area contributed by atoms with Crippen molar-refractivity contribution in [2.24, 2.45) is 0 Å². The van der Waals surface area contributed by atoms with E-state index in [0.29, 0.717) is 22.4 Å². The Labute approximate surface area is 241 Å². The lowest BCUT2D eigenvalue weighted by atomic mass is 9.95. The van der Waals surface area contributed by atoms with Crippen LogP contribution in [0, 0.1) is 17.5 Å². The summed E-state index contributed by atoms with van der Waals surface area (Å²) in [5.41, 5.74) is 1.68. The van der Waals surface area contributed by atoms with E-state index in [-0.39, 0.29) is 42.9 Å². The van der Waals surface area contributed by atoms with Crippen LogP contribution in [-0.2, 0) is 15.9 Å². The molecule has 226 valence electrons. The van der Waals surface area contributed by atoms with E-state index in [1.54, 1.807) is 24.3 Å². The summed E-state index contributed by atoms with van der Waals surface area (Å²) in [6.07, 6.45) is -5.80. The fourth-order valence-electron chi connectivity index (χ4n) is 4.40. The normalized spacial score (nSPS) is 18.1. The van der Waals surface area contributed by atoms with Crippen molar-refractivity contribution in [2.75, 3.05) is 24.7 Å². The van der Waals surface area contributed by atoms with Crippen LogP contribution in [0.1, 0.15) is 36.0 Å². The standard InChI is InChI=1S/C30H26F8O3S/c1-2-42-16-26(34)28(35)19-6-4-18(5-7-19)20-8-9-22(23(31)13-20)21-14-39-27(40-15-21)10-3-17-11-24(32)29(25(33)12-17)41-30(36,37)38/h4-9,11-13,21,27H,2-3,10,14-16H2,1H3/b28-26+. The predicted molar refractivity (Wildman–Crippen MR) is 144 cm³/mol. The molecule has 3 nitrogen and oxygen atoms in total. The van der Waals surface area contributed by atoms with Crippen molar-refractivity contribution in [1.82, 2.24) is 0 Å². The Morgan fingerprint density at radius 1 is 0.881 bits per heavy atom. The fraction of sp³-hybridized carbons (Fsp3) is 0.333. The molecule has 1 saturated heterocycles. The van der Waals surface area contributed by atoms with Crippen LogP contribution < -0.4 is 4.74 Å². The molecule has 4 rings (SSSR count). The molecule has 3 aromatic carbocycles. The average Bonchev–Trinajstić information content (AvgIpc) is 2.96. The zero-order valence-electron chi connectivity index (χ0n) is 22.3. The maximum atomic E-state index is 15.0. The molecule has 1 aliphatic rings. The van der Waals surface area contributed by atoms with Gasteiger partial charge in [-0.2, -0.15) is 11.8 Å². The van der Waals surface area contributed by atoms with Crippen LogP contribution >= 0.6 is 11.8 Å². The van der Waals surface area contributed by atoms with Gasteiger partial charge in [-0.3, -0.25) is 0 Å². The molecule has 0 saturated carbocycles. The van der Waals surface area contributed by atoms with Crippen LogP contribution in [0.15, 0.2) is 60.4 Å². The molecule has 0 atom stereocenters. The van der Waals surface area contributed by atoms with E-state index in [2.05, 4.69) is 4.74 Å². The van der Waals surface area contributed by atoms with Gasteiger partial charge in [-0.25, -0.2) is 22.0 Å². The lowest BCUT2D eigenvalue weighted by Crippen LogP contribution is -2.31. The highest BCUT2D eigenvalue weighted by molar-refractivity contribution is 7.99. The molecule has 0 amide bonds. The predicted octanol–water partition coefficient (Wildman–Crippen LogP) is 9.12. The lowest BCUT2D eigenvalue weighted by Gasteiger charge is -2.30. The number of hydrogen-bond acceptors (Lipinski definition) is 4. The van der Waals surface area contributed by atoms with Crippen molar-refractivity contribution in [3.05, 3.63) is 94.6 Å². The molecule has 1 aliphatic heterocycles. The third-order valence-corrected chi connectivity index (χ3v) is 7.36. The van der Waals surface area contributed by atoms with Gasteiger partial charge >= 0.3 is 6.36 Å². The average molecular weight is 619 g/mol. The number of aryl methyl sites for hydroxylation is 1. The summed E-state index contributed by atoms with van der Waals surface area (Å²) in [5.74, 6) is -6.58. The molecule has 0 aromatic heterocycles. The number of thioether (sulfide) groups is 1. The number of alkyl halides is 3. The molecule has 1 fully saturated rings. The van der Waals surface area contributed by atoms with Crippen LogP contribution in [0.4, 0.5) is 35.1 Å². The minimum atomic E-state index is -5.23. The van der Waals surface area contributed by atoms with Crippen LogP contribution in [0.3, 0.4) is 0 Å². The van der Waals surface area contributed by atoms with E-state index in [1.165, 1.54) is 30.0 Å². The minimum absolute atomic E-state index is 0.0430. The fourth-order valence-corrected chi connectivity index (χ4v) is 4.91. The second-order valence-electron chi connectivity index (χ2n) is 9.44. The van der Waals surface area contributed by atoms with Crippen molar-refractivity contribution < 1.29 is 49.3 Å². The molecule has 12 heteroatoms. The Morgan fingerprint density at radius 2 is 1.50 bits per heavy atom. The number of hydrogen-bond donors (Lipinski definition) is 0. The third kappa shape index (κ3) is 8.26. The Kier molecular flexibility index (Phi) is 10.6. The highest BCUT2D eigenvalue weighted by Crippen LogP contribution is 2.33. The quantitative estimate of drug-likeness (QED) is 0.212. The van der Waals surface area contributed by atoms with Crippen molar-refractivity contribution in [2.45, 2.75) is 38.3 Å². The first-order chi connectivity index (χ1) is 19.9. The first kappa shape index (κ1) is 31.8. The molecule has 0 aliphatic carbocycles. The summed E-state index contributed by atoms with van der Waals surface area (Å²) in [5, 5.41) is 0. The van der Waals surface area contributed by atoms with Crippen molar-refractivity contribution in [1.29, 1.82) is 0 Å². The van der Waals surface area contributed by atoms with Gasteiger partial charge in [0.25, 0.3) is 0 Å². The maximum absolute atomic E-state index is 15.0. The molecule has 0 bridgehead atoms. The highest BCUT2D eigenvalue weighted by atomic mass is 32.2. The molecule has 42 heavy (non-hydrogen) atoms. The molecule has 0 radical (unpaired) electrons. The molecule has 1 heterocycles. The molecule has 0 unspecified atom stereocenters. The molecular weight excluding hydrogens is 592 g/mol. The minimum Gasteiger partial charge on any atom is -0.399 e. The van der Waals surface area contributed by atoms with Gasteiger partial charge in [0.2, 0.25) is 5.75 Å². The van der Waals surface area contributed by atoms with Crippen LogP contribution in [0.2, 0.25) is 0 Å². The van der Waals surface area contributed by atoms with Gasteiger partial charge in [0.05, 0.1) is 13.2 Å². The first-order valence-electron chi connectivity index (χ1n) is 12.9. The highest BCUT2D eigenvalue weighted by Gasteiger charge is 2.34. The maximum Gasteiger partial charge on any atom is 0.573 e. The van der Waals surface area contributed by atoms with E-state index < -0.39 is 53.4 Å². The second kappa shape index (κ2) is 13.9. The SMILES string of the molecule is CCSC/C(F)=C(\F)c1ccc(-c2ccc(C3COC(CCc4cc(F)c(OC(F)(F)F)c(F)c4)OC3)c(F)c2)cc1. The zero-order valence-corrected chi connectivity index (χ0v) is 23.1. The zero-order chi connectivity index (χ0) is 30.4. The summed E-state index contributed by atoms with van der Waals surface area (Å²) in [4.78, 5) is 0. The Balaban J connectivity index is 1.33. The van der Waals surface area contributed by atoms with Gasteiger partial charge < -0.3 is 14.2 Å². The Morgan fingerprint density at radius 3 is 2.07 bits per heavy atom. The van der Waals surface area contributed by atoms with Crippen molar-refractivity contribution in [3.8, 4) is 16.9 Å². The third-order valence-electron chi connectivity index (χ3n) is 6.49. The largest absolute Gasteiger partial charge is 0.573 e. The van der Waals surface area contributed by atoms with Gasteiger partial charge in [0, 0.05) is 23.7 Å². The van der Waals surface area contributed by atoms with E-state index in [9.17, 15) is 30.7 Å². The monoisotopic (exact) mass is 618 g/mol. The van der Waals surface area contributed by atoms with Crippen LogP contribution in [0.5, 0.6) is 5.75 Å². The van der Waals surface area contributed by atoms with Crippen LogP contribution in [-0.4, -0.2) is 37.4 Å². The van der Waals surface area contributed by atoms with Gasteiger partial charge in [0.1, 0.15) is 11.6 Å². The lowest BCUT2D eigenvalue weighted by molar-refractivity contribution is -0.276. The Bertz CT molecular complexity index is 1380. The van der Waals surface area contributed by atoms with Gasteiger partial charge in [-0.15, -0.1) is 13.2 Å². The molecular formula is C30H26F8O3S. The van der Waals surface area contributed by atoms with Gasteiger partial charge in [-0.05, 0) is 52.6 Å². The van der Waals surface area contributed by atoms with E-state index in [0.717, 1.165) is 12.1 Å². The van der Waals surface area contributed by atoms with E-state index in [4.69, 9.17) is 9.47 Å². The number of benzene rings is 3. The van der Waals surface area contributed by atoms with E-state index >= 15 is 4.39 Å². The summed E-state index contributed by atoms with van der Waals surface area (Å²) in [6, 6.07) is 12.1. The smallest absolute Gasteiger partial charge is 0.399 e. The molecule has 0 spiro atoms. The number of ether oxygens (including phenoxy) is 3. The summed E-state index contributed by atoms with van der Waals surface area (Å²) in [6.45, 7) is 2.05. The topological polar surface area (TPSA) is 27.7 Å². The number of halogens is 8.